The topological polar surface area (TPSA) is 38.3 Å². The Labute approximate surface area is 119 Å². The second-order valence-corrected chi connectivity index (χ2v) is 4.93. The first kappa shape index (κ1) is 14.1. The highest BCUT2D eigenvalue weighted by atomic mass is 16.5. The Morgan fingerprint density at radius 2 is 1.75 bits per heavy atom. The third-order valence-electron chi connectivity index (χ3n) is 2.99. The van der Waals surface area contributed by atoms with Crippen molar-refractivity contribution in [3.05, 3.63) is 59.7 Å². The number of carbonyl (C=O) groups excluding carboxylic acids is 1. The van der Waals surface area contributed by atoms with E-state index < -0.39 is 6.10 Å². The van der Waals surface area contributed by atoms with Crippen molar-refractivity contribution in [1.82, 2.24) is 0 Å². The van der Waals surface area contributed by atoms with Crippen LogP contribution in [-0.4, -0.2) is 12.0 Å². The summed E-state index contributed by atoms with van der Waals surface area (Å²) in [4.78, 5) is 12.1. The van der Waals surface area contributed by atoms with E-state index in [1.807, 2.05) is 62.4 Å². The molecule has 0 aliphatic heterocycles. The maximum absolute atomic E-state index is 12.1. The average Bonchev–Trinajstić information content (AvgIpc) is 2.41. The molecule has 104 valence electrons. The molecular formula is C17H19NO2. The van der Waals surface area contributed by atoms with Crippen molar-refractivity contribution in [3.8, 4) is 5.75 Å². The molecule has 0 bridgehead atoms. The van der Waals surface area contributed by atoms with E-state index >= 15 is 0 Å². The first-order chi connectivity index (χ1) is 9.54. The molecule has 0 aromatic heterocycles. The molecule has 0 spiro atoms. The Morgan fingerprint density at radius 1 is 1.05 bits per heavy atom. The molecule has 2 aromatic rings. The van der Waals surface area contributed by atoms with Gasteiger partial charge in [0.1, 0.15) is 5.75 Å². The van der Waals surface area contributed by atoms with Crippen LogP contribution in [0.15, 0.2) is 48.5 Å². The number of nitrogens with one attached hydrogen (secondary N) is 1. The van der Waals surface area contributed by atoms with Crippen LogP contribution >= 0.6 is 0 Å². The molecule has 0 fully saturated rings. The first-order valence-electron chi connectivity index (χ1n) is 6.65. The van der Waals surface area contributed by atoms with E-state index in [1.165, 1.54) is 0 Å². The molecule has 0 unspecified atom stereocenters. The van der Waals surface area contributed by atoms with Crippen LogP contribution in [0.5, 0.6) is 5.75 Å². The largest absolute Gasteiger partial charge is 0.481 e. The van der Waals surface area contributed by atoms with Gasteiger partial charge in [-0.3, -0.25) is 4.79 Å². The first-order valence-corrected chi connectivity index (χ1v) is 6.65. The zero-order valence-electron chi connectivity index (χ0n) is 12.0. The number of carbonyl (C=O) groups is 1. The monoisotopic (exact) mass is 269 g/mol. The molecule has 3 heteroatoms. The van der Waals surface area contributed by atoms with Crippen LogP contribution in [0.2, 0.25) is 0 Å². The van der Waals surface area contributed by atoms with Gasteiger partial charge in [0.2, 0.25) is 0 Å². The lowest BCUT2D eigenvalue weighted by atomic mass is 10.2. The molecule has 0 aliphatic rings. The number of aryl methyl sites for hydroxylation is 2. The van der Waals surface area contributed by atoms with Gasteiger partial charge in [0.05, 0.1) is 0 Å². The smallest absolute Gasteiger partial charge is 0.265 e. The quantitative estimate of drug-likeness (QED) is 0.919. The van der Waals surface area contributed by atoms with Crippen molar-refractivity contribution in [2.45, 2.75) is 26.9 Å². The highest BCUT2D eigenvalue weighted by Crippen LogP contribution is 2.15. The maximum Gasteiger partial charge on any atom is 0.265 e. The third kappa shape index (κ3) is 3.85. The van der Waals surface area contributed by atoms with Gasteiger partial charge in [-0.05, 0) is 50.6 Å². The van der Waals surface area contributed by atoms with Gasteiger partial charge in [0, 0.05) is 5.69 Å². The minimum atomic E-state index is -0.543. The molecular weight excluding hydrogens is 250 g/mol. The summed E-state index contributed by atoms with van der Waals surface area (Å²) in [6, 6.07) is 15.3. The van der Waals surface area contributed by atoms with E-state index in [0.29, 0.717) is 5.75 Å². The Kier molecular flexibility index (Phi) is 4.41. The lowest BCUT2D eigenvalue weighted by Gasteiger charge is -2.15. The van der Waals surface area contributed by atoms with Crippen LogP contribution in [0.1, 0.15) is 18.1 Å². The average molecular weight is 269 g/mol. The highest BCUT2D eigenvalue weighted by molar-refractivity contribution is 5.94. The minimum Gasteiger partial charge on any atom is -0.481 e. The fraction of sp³-hybridized carbons (Fsp3) is 0.235. The fourth-order valence-electron chi connectivity index (χ4n) is 1.83. The number of anilines is 1. The Hall–Kier alpha value is -2.29. The van der Waals surface area contributed by atoms with Gasteiger partial charge in [-0.25, -0.2) is 0 Å². The van der Waals surface area contributed by atoms with Gasteiger partial charge in [0.15, 0.2) is 6.10 Å². The zero-order valence-corrected chi connectivity index (χ0v) is 12.0. The molecule has 1 atom stereocenters. The van der Waals surface area contributed by atoms with E-state index in [1.54, 1.807) is 6.92 Å². The van der Waals surface area contributed by atoms with Crippen molar-refractivity contribution >= 4 is 11.6 Å². The number of hydrogen-bond donors (Lipinski definition) is 1. The van der Waals surface area contributed by atoms with Crippen LogP contribution < -0.4 is 10.1 Å². The van der Waals surface area contributed by atoms with Gasteiger partial charge in [-0.15, -0.1) is 0 Å². The predicted octanol–water partition coefficient (Wildman–Crippen LogP) is 3.71. The van der Waals surface area contributed by atoms with Crippen molar-refractivity contribution in [3.63, 3.8) is 0 Å². The Morgan fingerprint density at radius 3 is 2.40 bits per heavy atom. The summed E-state index contributed by atoms with van der Waals surface area (Å²) in [6.45, 7) is 5.74. The molecule has 0 saturated heterocycles. The molecule has 2 rings (SSSR count). The standard InChI is InChI=1S/C17H19NO2/c1-12-7-9-15(10-8-12)18-17(19)14(3)20-16-6-4-5-13(2)11-16/h4-11,14H,1-3H3,(H,18,19)/t14-/m0/s1. The summed E-state index contributed by atoms with van der Waals surface area (Å²) in [5, 5.41) is 2.84. The Bertz CT molecular complexity index is 590. The van der Waals surface area contributed by atoms with Crippen molar-refractivity contribution < 1.29 is 9.53 Å². The van der Waals surface area contributed by atoms with Crippen LogP contribution in [0.4, 0.5) is 5.69 Å². The summed E-state index contributed by atoms with van der Waals surface area (Å²) in [5.74, 6) is 0.548. The lowest BCUT2D eigenvalue weighted by molar-refractivity contribution is -0.122. The molecule has 0 saturated carbocycles. The molecule has 2 aromatic carbocycles. The van der Waals surface area contributed by atoms with E-state index in [0.717, 1.165) is 16.8 Å². The van der Waals surface area contributed by atoms with Crippen LogP contribution in [0, 0.1) is 13.8 Å². The second-order valence-electron chi connectivity index (χ2n) is 4.93. The number of amides is 1. The molecule has 0 heterocycles. The van der Waals surface area contributed by atoms with Crippen molar-refractivity contribution in [1.29, 1.82) is 0 Å². The van der Waals surface area contributed by atoms with Gasteiger partial charge in [0.25, 0.3) is 5.91 Å². The normalized spacial score (nSPS) is 11.8. The van der Waals surface area contributed by atoms with Gasteiger partial charge in [-0.1, -0.05) is 29.8 Å². The van der Waals surface area contributed by atoms with Gasteiger partial charge >= 0.3 is 0 Å². The van der Waals surface area contributed by atoms with E-state index in [9.17, 15) is 4.79 Å². The summed E-state index contributed by atoms with van der Waals surface area (Å²) < 4.78 is 5.64. The SMILES string of the molecule is Cc1ccc(NC(=O)[C@H](C)Oc2cccc(C)c2)cc1. The summed E-state index contributed by atoms with van der Waals surface area (Å²) in [6.07, 6.45) is -0.543. The highest BCUT2D eigenvalue weighted by Gasteiger charge is 2.14. The molecule has 20 heavy (non-hydrogen) atoms. The van der Waals surface area contributed by atoms with Crippen LogP contribution in [-0.2, 0) is 4.79 Å². The lowest BCUT2D eigenvalue weighted by Crippen LogP contribution is -2.30. The summed E-state index contributed by atoms with van der Waals surface area (Å²) in [7, 11) is 0. The fourth-order valence-corrected chi connectivity index (χ4v) is 1.83. The van der Waals surface area contributed by atoms with E-state index in [-0.39, 0.29) is 5.91 Å². The molecule has 3 nitrogen and oxygen atoms in total. The number of ether oxygens (including phenoxy) is 1. The Balaban J connectivity index is 1.96. The van der Waals surface area contributed by atoms with Crippen LogP contribution in [0.3, 0.4) is 0 Å². The van der Waals surface area contributed by atoms with E-state index in [4.69, 9.17) is 4.74 Å². The van der Waals surface area contributed by atoms with Crippen molar-refractivity contribution in [2.24, 2.45) is 0 Å². The second kappa shape index (κ2) is 6.24. The molecule has 0 aliphatic carbocycles. The maximum atomic E-state index is 12.1. The number of benzene rings is 2. The number of hydrogen-bond acceptors (Lipinski definition) is 2. The number of rotatable bonds is 4. The van der Waals surface area contributed by atoms with Crippen LogP contribution in [0.25, 0.3) is 0 Å². The molecule has 0 radical (unpaired) electrons. The molecule has 1 amide bonds. The van der Waals surface area contributed by atoms with Gasteiger partial charge < -0.3 is 10.1 Å². The third-order valence-corrected chi connectivity index (χ3v) is 2.99. The summed E-state index contributed by atoms with van der Waals surface area (Å²) >= 11 is 0. The molecule has 1 N–H and O–H groups in total. The predicted molar refractivity (Wildman–Crippen MR) is 81.1 cm³/mol. The van der Waals surface area contributed by atoms with Crippen molar-refractivity contribution in [2.75, 3.05) is 5.32 Å². The van der Waals surface area contributed by atoms with E-state index in [2.05, 4.69) is 5.32 Å². The van der Waals surface area contributed by atoms with Gasteiger partial charge in [-0.2, -0.15) is 0 Å². The summed E-state index contributed by atoms with van der Waals surface area (Å²) in [5.41, 5.74) is 3.04. The minimum absolute atomic E-state index is 0.157. The zero-order chi connectivity index (χ0) is 14.5.